The smallest absolute Gasteiger partial charge is 0.153 e. The van der Waals surface area contributed by atoms with Crippen molar-refractivity contribution in [3.8, 4) is 0 Å². The summed E-state index contributed by atoms with van der Waals surface area (Å²) in [5, 5.41) is 0. The fraction of sp³-hybridized carbons (Fsp3) is 0.154. The van der Waals surface area contributed by atoms with Crippen molar-refractivity contribution in [1.82, 2.24) is 4.90 Å². The fourth-order valence-electron chi connectivity index (χ4n) is 3.84. The zero-order chi connectivity index (χ0) is 19.5. The molecule has 0 spiro atoms. The van der Waals surface area contributed by atoms with Gasteiger partial charge >= 0.3 is 0 Å². The summed E-state index contributed by atoms with van der Waals surface area (Å²) in [7, 11) is 0. The van der Waals surface area contributed by atoms with Gasteiger partial charge in [-0.15, -0.1) is 0 Å². The standard InChI is InChI=1S/C26H23N3/c1-4-10-21(11-5-1)16-24-18-27-26(17-22-12-6-2-7-13-22)20-29(26)19-25(28-24)23-14-8-3-9-15-23/h1-15,18-19H,16-17,20H2/b25-19-,27-18+,28-24-. The molecule has 3 nitrogen and oxygen atoms in total. The highest BCUT2D eigenvalue weighted by Crippen LogP contribution is 2.40. The third kappa shape index (κ3) is 3.90. The number of hydrogen-bond donors (Lipinski definition) is 0. The van der Waals surface area contributed by atoms with Crippen LogP contribution in [0.25, 0.3) is 5.70 Å². The number of aliphatic imine (C=N–C) groups is 2. The number of hydrogen-bond acceptors (Lipinski definition) is 3. The minimum atomic E-state index is -0.195. The third-order valence-electron chi connectivity index (χ3n) is 5.48. The van der Waals surface area contributed by atoms with Crippen molar-refractivity contribution in [3.05, 3.63) is 114 Å². The van der Waals surface area contributed by atoms with Crippen LogP contribution in [0.2, 0.25) is 0 Å². The maximum atomic E-state index is 5.02. The second-order valence-electron chi connectivity index (χ2n) is 7.68. The Morgan fingerprint density at radius 3 is 2.07 bits per heavy atom. The van der Waals surface area contributed by atoms with Crippen molar-refractivity contribution in [1.29, 1.82) is 0 Å². The van der Waals surface area contributed by atoms with Crippen molar-refractivity contribution < 1.29 is 0 Å². The van der Waals surface area contributed by atoms with E-state index in [4.69, 9.17) is 9.98 Å². The van der Waals surface area contributed by atoms with Crippen molar-refractivity contribution in [2.45, 2.75) is 18.5 Å². The van der Waals surface area contributed by atoms with Gasteiger partial charge in [-0.3, -0.25) is 4.99 Å². The SMILES string of the molecule is C1=C(c2ccccc2)/N=C(Cc2ccccc2)\C=N\C2(Cc3ccccc3)CN\12. The molecule has 0 aromatic heterocycles. The van der Waals surface area contributed by atoms with Crippen LogP contribution in [0.1, 0.15) is 16.7 Å². The molecule has 0 N–H and O–H groups in total. The van der Waals surface area contributed by atoms with Crippen LogP contribution in [0, 0.1) is 0 Å². The van der Waals surface area contributed by atoms with Gasteiger partial charge in [-0.1, -0.05) is 91.0 Å². The van der Waals surface area contributed by atoms with E-state index in [9.17, 15) is 0 Å². The maximum absolute atomic E-state index is 5.02. The Bertz CT molecular complexity index is 1070. The first-order valence-electron chi connectivity index (χ1n) is 10.1. The molecule has 3 aromatic rings. The van der Waals surface area contributed by atoms with Crippen molar-refractivity contribution in [3.63, 3.8) is 0 Å². The summed E-state index contributed by atoms with van der Waals surface area (Å²) in [6.07, 6.45) is 5.85. The highest BCUT2D eigenvalue weighted by molar-refractivity contribution is 6.32. The van der Waals surface area contributed by atoms with E-state index >= 15 is 0 Å². The number of nitrogens with zero attached hydrogens (tertiary/aromatic N) is 3. The molecule has 0 radical (unpaired) electrons. The molecule has 2 aliphatic heterocycles. The lowest BCUT2D eigenvalue weighted by Gasteiger charge is -2.16. The third-order valence-corrected chi connectivity index (χ3v) is 5.48. The molecule has 2 aliphatic rings. The zero-order valence-electron chi connectivity index (χ0n) is 16.3. The van der Waals surface area contributed by atoms with Crippen LogP contribution < -0.4 is 0 Å². The van der Waals surface area contributed by atoms with Crippen molar-refractivity contribution >= 4 is 17.6 Å². The van der Waals surface area contributed by atoms with Gasteiger partial charge in [0.1, 0.15) is 0 Å². The lowest BCUT2D eigenvalue weighted by atomic mass is 10.1. The molecule has 1 saturated heterocycles. The van der Waals surface area contributed by atoms with E-state index in [-0.39, 0.29) is 5.66 Å². The predicted molar refractivity (Wildman–Crippen MR) is 120 cm³/mol. The van der Waals surface area contributed by atoms with Gasteiger partial charge in [0.05, 0.1) is 18.0 Å². The number of benzene rings is 3. The van der Waals surface area contributed by atoms with Gasteiger partial charge in [0.2, 0.25) is 0 Å². The van der Waals surface area contributed by atoms with Crippen LogP contribution in [0.5, 0.6) is 0 Å². The Hall–Kier alpha value is -3.46. The zero-order valence-corrected chi connectivity index (χ0v) is 16.3. The van der Waals surface area contributed by atoms with E-state index in [1.807, 2.05) is 18.3 Å². The molecule has 3 aromatic carbocycles. The Morgan fingerprint density at radius 1 is 0.759 bits per heavy atom. The van der Waals surface area contributed by atoms with Crippen molar-refractivity contribution in [2.75, 3.05) is 6.54 Å². The molecular weight excluding hydrogens is 354 g/mol. The average Bonchev–Trinajstić information content (AvgIpc) is 3.43. The van der Waals surface area contributed by atoms with Gasteiger partial charge in [0.25, 0.3) is 0 Å². The highest BCUT2D eigenvalue weighted by atomic mass is 15.4. The number of rotatable bonds is 5. The second-order valence-corrected chi connectivity index (χ2v) is 7.68. The summed E-state index contributed by atoms with van der Waals surface area (Å²) in [5.41, 5.74) is 5.48. The van der Waals surface area contributed by atoms with Crippen LogP contribution in [0.4, 0.5) is 0 Å². The Kier molecular flexibility index (Phi) is 4.57. The second kappa shape index (κ2) is 7.51. The molecule has 0 saturated carbocycles. The van der Waals surface area contributed by atoms with E-state index in [0.29, 0.717) is 0 Å². The summed E-state index contributed by atoms with van der Waals surface area (Å²) in [6, 6.07) is 31.5. The summed E-state index contributed by atoms with van der Waals surface area (Å²) in [4.78, 5) is 12.3. The first kappa shape index (κ1) is 17.6. The van der Waals surface area contributed by atoms with Crippen LogP contribution in [0.3, 0.4) is 0 Å². The lowest BCUT2D eigenvalue weighted by molar-refractivity contribution is 0.512. The minimum absolute atomic E-state index is 0.195. The molecule has 142 valence electrons. The average molecular weight is 377 g/mol. The van der Waals surface area contributed by atoms with Gasteiger partial charge in [-0.2, -0.15) is 0 Å². The van der Waals surface area contributed by atoms with Crippen LogP contribution in [-0.4, -0.2) is 29.0 Å². The molecule has 1 fully saturated rings. The molecule has 2 heterocycles. The molecule has 3 heteroatoms. The first-order chi connectivity index (χ1) is 14.3. The maximum Gasteiger partial charge on any atom is 0.153 e. The quantitative estimate of drug-likeness (QED) is 0.575. The predicted octanol–water partition coefficient (Wildman–Crippen LogP) is 5.01. The normalized spacial score (nSPS) is 24.9. The van der Waals surface area contributed by atoms with Gasteiger partial charge in [0, 0.05) is 30.8 Å². The lowest BCUT2D eigenvalue weighted by Crippen LogP contribution is -2.20. The monoisotopic (exact) mass is 377 g/mol. The molecular formula is C26H23N3. The van der Waals surface area contributed by atoms with E-state index in [1.54, 1.807) is 0 Å². The van der Waals surface area contributed by atoms with E-state index < -0.39 is 0 Å². The molecule has 0 bridgehead atoms. The molecule has 5 rings (SSSR count). The van der Waals surface area contributed by atoms with E-state index in [1.165, 1.54) is 11.1 Å². The Morgan fingerprint density at radius 2 is 1.38 bits per heavy atom. The molecule has 0 amide bonds. The molecule has 1 unspecified atom stereocenters. The summed E-state index contributed by atoms with van der Waals surface area (Å²) < 4.78 is 0. The molecule has 0 aliphatic carbocycles. The van der Waals surface area contributed by atoms with Crippen LogP contribution in [-0.2, 0) is 12.8 Å². The summed E-state index contributed by atoms with van der Waals surface area (Å²) in [5.74, 6) is 0. The summed E-state index contributed by atoms with van der Waals surface area (Å²) >= 11 is 0. The van der Waals surface area contributed by atoms with Crippen molar-refractivity contribution in [2.24, 2.45) is 9.98 Å². The van der Waals surface area contributed by atoms with E-state index in [2.05, 4.69) is 90.0 Å². The van der Waals surface area contributed by atoms with Crippen LogP contribution in [0.15, 0.2) is 107 Å². The number of fused-ring (bicyclic) bond motifs is 1. The van der Waals surface area contributed by atoms with Gasteiger partial charge in [-0.25, -0.2) is 4.99 Å². The largest absolute Gasteiger partial charge is 0.345 e. The molecule has 1 atom stereocenters. The first-order valence-corrected chi connectivity index (χ1v) is 10.1. The van der Waals surface area contributed by atoms with Gasteiger partial charge in [-0.05, 0) is 11.1 Å². The van der Waals surface area contributed by atoms with Crippen LogP contribution >= 0.6 is 0 Å². The Balaban J connectivity index is 1.51. The fourth-order valence-corrected chi connectivity index (χ4v) is 3.84. The Labute approximate surface area is 171 Å². The van der Waals surface area contributed by atoms with Gasteiger partial charge in [0.15, 0.2) is 5.66 Å². The highest BCUT2D eigenvalue weighted by Gasteiger charge is 2.50. The van der Waals surface area contributed by atoms with Gasteiger partial charge < -0.3 is 4.90 Å². The minimum Gasteiger partial charge on any atom is -0.345 e. The topological polar surface area (TPSA) is 27.7 Å². The van der Waals surface area contributed by atoms with E-state index in [0.717, 1.165) is 36.4 Å². The molecule has 29 heavy (non-hydrogen) atoms. The summed E-state index contributed by atoms with van der Waals surface area (Å²) in [6.45, 7) is 0.920.